The lowest BCUT2D eigenvalue weighted by Gasteiger charge is -2.27. The minimum atomic E-state index is -1.98. The zero-order chi connectivity index (χ0) is 14.4. The van der Waals surface area contributed by atoms with E-state index in [0.717, 1.165) is 10.8 Å². The highest BCUT2D eigenvalue weighted by Crippen LogP contribution is 2.40. The van der Waals surface area contributed by atoms with Gasteiger partial charge in [0, 0.05) is 6.20 Å². The molecular formula is C10H13F2N3O3S. The van der Waals surface area contributed by atoms with Crippen LogP contribution in [0.25, 0.3) is 0 Å². The van der Waals surface area contributed by atoms with Crippen molar-refractivity contribution in [2.75, 3.05) is 12.3 Å². The predicted octanol–water partition coefficient (Wildman–Crippen LogP) is 0.313. The second-order valence-electron chi connectivity index (χ2n) is 4.50. The summed E-state index contributed by atoms with van der Waals surface area (Å²) in [6.07, 6.45) is -3.47. The number of aliphatic hydroxyl groups excluding tert-OH is 1. The summed E-state index contributed by atoms with van der Waals surface area (Å²) < 4.78 is 33.3. The Kier molecular flexibility index (Phi) is 3.56. The van der Waals surface area contributed by atoms with Gasteiger partial charge in [0.2, 0.25) is 4.77 Å². The van der Waals surface area contributed by atoms with Gasteiger partial charge in [-0.05, 0) is 19.1 Å². The number of anilines is 1. The number of ether oxygens (including phenoxy) is 1. The van der Waals surface area contributed by atoms with Gasteiger partial charge in [0.1, 0.15) is 11.7 Å². The lowest BCUT2D eigenvalue weighted by molar-refractivity contribution is -0.0926. The smallest absolute Gasteiger partial charge is 0.203 e. The molecule has 1 aromatic heterocycles. The van der Waals surface area contributed by atoms with Crippen molar-refractivity contribution in [3.63, 3.8) is 0 Å². The highest BCUT2D eigenvalue weighted by atomic mass is 32.1. The highest BCUT2D eigenvalue weighted by molar-refractivity contribution is 7.71. The molecule has 0 aromatic carbocycles. The summed E-state index contributed by atoms with van der Waals surface area (Å²) in [6.45, 7) is 0.556. The number of nitrogens with two attached hydrogens (primary N) is 1. The van der Waals surface area contributed by atoms with Gasteiger partial charge >= 0.3 is 0 Å². The molecule has 4 atom stereocenters. The van der Waals surface area contributed by atoms with E-state index in [4.69, 9.17) is 27.8 Å². The number of aliphatic hydroxyl groups is 2. The zero-order valence-corrected chi connectivity index (χ0v) is 10.8. The molecule has 1 aromatic rings. The highest BCUT2D eigenvalue weighted by Gasteiger charge is 2.54. The average Bonchev–Trinajstić information content (AvgIpc) is 2.56. The molecule has 1 aliphatic heterocycles. The van der Waals surface area contributed by atoms with E-state index in [2.05, 4.69) is 4.98 Å². The third kappa shape index (κ3) is 2.22. The van der Waals surface area contributed by atoms with Crippen molar-refractivity contribution in [2.24, 2.45) is 0 Å². The van der Waals surface area contributed by atoms with E-state index in [1.807, 2.05) is 0 Å². The van der Waals surface area contributed by atoms with Crippen LogP contribution in [0.3, 0.4) is 0 Å². The third-order valence-corrected chi connectivity index (χ3v) is 3.36. The molecule has 1 fully saturated rings. The van der Waals surface area contributed by atoms with Gasteiger partial charge in [-0.25, -0.2) is 8.78 Å². The van der Waals surface area contributed by atoms with Crippen molar-refractivity contribution in [3.05, 3.63) is 16.8 Å². The predicted molar refractivity (Wildman–Crippen MR) is 63.9 cm³/mol. The van der Waals surface area contributed by atoms with Gasteiger partial charge in [-0.1, -0.05) is 0 Å². The summed E-state index contributed by atoms with van der Waals surface area (Å²) in [6, 6.07) is 0. The van der Waals surface area contributed by atoms with Gasteiger partial charge in [0.25, 0.3) is 0 Å². The summed E-state index contributed by atoms with van der Waals surface area (Å²) >= 11 is 4.88. The first-order valence-electron chi connectivity index (χ1n) is 5.46. The van der Waals surface area contributed by atoms with E-state index in [1.54, 1.807) is 0 Å². The first-order chi connectivity index (χ1) is 8.78. The maximum Gasteiger partial charge on any atom is 0.203 e. The molecule has 0 aliphatic carbocycles. The number of aromatic nitrogens is 2. The Morgan fingerprint density at radius 2 is 2.32 bits per heavy atom. The lowest BCUT2D eigenvalue weighted by Crippen LogP contribution is -2.41. The molecule has 1 aliphatic rings. The van der Waals surface area contributed by atoms with Gasteiger partial charge in [-0.3, -0.25) is 4.57 Å². The van der Waals surface area contributed by atoms with Crippen molar-refractivity contribution in [2.45, 2.75) is 31.0 Å². The normalized spacial score (nSPS) is 34.7. The molecule has 0 amide bonds. The first-order valence-corrected chi connectivity index (χ1v) is 5.86. The van der Waals surface area contributed by atoms with Crippen LogP contribution in [0, 0.1) is 10.6 Å². The largest absolute Gasteiger partial charge is 0.394 e. The van der Waals surface area contributed by atoms with Gasteiger partial charge in [-0.15, -0.1) is 0 Å². The van der Waals surface area contributed by atoms with Crippen LogP contribution in [-0.4, -0.2) is 44.2 Å². The molecule has 0 bridgehead atoms. The van der Waals surface area contributed by atoms with Crippen molar-refractivity contribution in [1.29, 1.82) is 0 Å². The van der Waals surface area contributed by atoms with Gasteiger partial charge in [0.05, 0.1) is 6.61 Å². The Bertz CT molecular complexity index is 551. The molecule has 0 saturated carbocycles. The lowest BCUT2D eigenvalue weighted by atomic mass is 9.98. The molecule has 2 rings (SSSR count). The monoisotopic (exact) mass is 293 g/mol. The number of alkyl halides is 1. The summed E-state index contributed by atoms with van der Waals surface area (Å²) in [7, 11) is 0. The molecule has 4 N–H and O–H groups in total. The first kappa shape index (κ1) is 14.3. The Morgan fingerprint density at radius 3 is 2.84 bits per heavy atom. The van der Waals surface area contributed by atoms with Gasteiger partial charge in [0.15, 0.2) is 24.0 Å². The molecule has 0 radical (unpaired) electrons. The van der Waals surface area contributed by atoms with Crippen LogP contribution >= 0.6 is 12.2 Å². The minimum Gasteiger partial charge on any atom is -0.394 e. The molecule has 9 heteroatoms. The molecule has 0 spiro atoms. The Labute approximate surface area is 112 Å². The minimum absolute atomic E-state index is 0.157. The van der Waals surface area contributed by atoms with Crippen molar-refractivity contribution in [3.8, 4) is 0 Å². The summed E-state index contributed by atoms with van der Waals surface area (Å²) in [4.78, 5) is 3.56. The Morgan fingerprint density at radius 1 is 1.68 bits per heavy atom. The summed E-state index contributed by atoms with van der Waals surface area (Å²) in [5, 5.41) is 19.1. The van der Waals surface area contributed by atoms with Crippen molar-refractivity contribution >= 4 is 18.0 Å². The fourth-order valence-electron chi connectivity index (χ4n) is 1.99. The number of hydrogen-bond donors (Lipinski definition) is 3. The quantitative estimate of drug-likeness (QED) is 0.680. The second kappa shape index (κ2) is 4.75. The second-order valence-corrected chi connectivity index (χ2v) is 4.87. The standard InChI is InChI=1S/C10H13F2N3O3S/c1-10(17)6(12)5(3-16)18-8(10)15-2-4(11)7(13)14-9(15)19/h2,5-6,8,16-17H,3H2,1H3,(H2,13,14,19)/t5-,6?,8-,10-/m1/s1. The maximum atomic E-state index is 13.9. The molecule has 2 heterocycles. The zero-order valence-electron chi connectivity index (χ0n) is 9.96. The van der Waals surface area contributed by atoms with E-state index >= 15 is 0 Å². The van der Waals surface area contributed by atoms with Crippen LogP contribution in [0.2, 0.25) is 0 Å². The van der Waals surface area contributed by atoms with Crippen LogP contribution in [0.4, 0.5) is 14.6 Å². The molecule has 106 valence electrons. The van der Waals surface area contributed by atoms with Crippen LogP contribution in [0.1, 0.15) is 13.2 Å². The van der Waals surface area contributed by atoms with Crippen LogP contribution in [0.5, 0.6) is 0 Å². The summed E-state index contributed by atoms with van der Waals surface area (Å²) in [5.74, 6) is -1.26. The fraction of sp³-hybridized carbons (Fsp3) is 0.600. The van der Waals surface area contributed by atoms with Crippen LogP contribution in [0.15, 0.2) is 6.20 Å². The van der Waals surface area contributed by atoms with E-state index in [9.17, 15) is 13.9 Å². The van der Waals surface area contributed by atoms with Crippen LogP contribution < -0.4 is 5.73 Å². The van der Waals surface area contributed by atoms with E-state index in [0.29, 0.717) is 0 Å². The fourth-order valence-corrected chi connectivity index (χ4v) is 2.24. The number of nitrogens with zero attached hydrogens (tertiary/aromatic N) is 2. The number of hydrogen-bond acceptors (Lipinski definition) is 6. The van der Waals surface area contributed by atoms with E-state index < -0.39 is 42.3 Å². The summed E-state index contributed by atoms with van der Waals surface area (Å²) in [5.41, 5.74) is 3.28. The van der Waals surface area contributed by atoms with E-state index in [-0.39, 0.29) is 4.77 Å². The SMILES string of the molecule is C[C@@]1(O)C(F)[C@@H](CO)O[C@H]1n1cc(F)c(N)nc1=S. The maximum absolute atomic E-state index is 13.9. The molecule has 6 nitrogen and oxygen atoms in total. The topological polar surface area (TPSA) is 93.5 Å². The number of rotatable bonds is 2. The molecule has 1 unspecified atom stereocenters. The Hall–Kier alpha value is -1.16. The average molecular weight is 293 g/mol. The molecule has 1 saturated heterocycles. The number of halogens is 2. The van der Waals surface area contributed by atoms with Gasteiger partial charge in [-0.2, -0.15) is 4.98 Å². The molecule has 19 heavy (non-hydrogen) atoms. The number of nitrogen functional groups attached to an aromatic ring is 1. The van der Waals surface area contributed by atoms with E-state index in [1.165, 1.54) is 6.92 Å². The van der Waals surface area contributed by atoms with Crippen molar-refractivity contribution in [1.82, 2.24) is 9.55 Å². The molecular weight excluding hydrogens is 280 g/mol. The Balaban J connectivity index is 2.48. The van der Waals surface area contributed by atoms with Crippen LogP contribution in [-0.2, 0) is 4.74 Å². The van der Waals surface area contributed by atoms with Crippen molar-refractivity contribution < 1.29 is 23.7 Å². The third-order valence-electron chi connectivity index (χ3n) is 3.06. The van der Waals surface area contributed by atoms with Gasteiger partial charge < -0.3 is 20.7 Å².